The van der Waals surface area contributed by atoms with E-state index < -0.39 is 0 Å². The average molecular weight is 261 g/mol. The molecule has 0 aromatic heterocycles. The summed E-state index contributed by atoms with van der Waals surface area (Å²) in [4.78, 5) is 0. The van der Waals surface area contributed by atoms with Crippen molar-refractivity contribution in [2.45, 2.75) is 26.7 Å². The first-order valence-corrected chi connectivity index (χ1v) is 7.26. The number of hydrogen-bond acceptors (Lipinski definition) is 0. The number of benzene rings is 2. The highest BCUT2D eigenvalue weighted by atomic mass is 35.5. The Bertz CT molecular complexity index is 496. The molecule has 0 heterocycles. The van der Waals surface area contributed by atoms with Crippen molar-refractivity contribution in [3.63, 3.8) is 0 Å². The first-order chi connectivity index (χ1) is 8.70. The lowest BCUT2D eigenvalue weighted by Gasteiger charge is -2.17. The van der Waals surface area contributed by atoms with Crippen LogP contribution in [0.4, 0.5) is 0 Å². The van der Waals surface area contributed by atoms with Crippen molar-refractivity contribution in [1.29, 1.82) is 0 Å². The summed E-state index contributed by atoms with van der Waals surface area (Å²) in [6.45, 7) is 4.53. The first kappa shape index (κ1) is 13.4. The van der Waals surface area contributed by atoms with Gasteiger partial charge in [0.15, 0.2) is 0 Å². The third-order valence-corrected chi connectivity index (χ3v) is 3.85. The van der Waals surface area contributed by atoms with Crippen LogP contribution < -0.4 is 0 Å². The molecular formula is C17H21Cl. The van der Waals surface area contributed by atoms with Gasteiger partial charge < -0.3 is 0 Å². The second kappa shape index (κ2) is 6.24. The molecule has 0 nitrogen and oxygen atoms in total. The third kappa shape index (κ3) is 3.26. The summed E-state index contributed by atoms with van der Waals surface area (Å²) in [7, 11) is 0. The minimum Gasteiger partial charge on any atom is -0.126 e. The maximum Gasteiger partial charge on any atom is 0.0255 e. The molecule has 96 valence electrons. The van der Waals surface area contributed by atoms with Gasteiger partial charge in [0.1, 0.15) is 0 Å². The van der Waals surface area contributed by atoms with Crippen LogP contribution in [0, 0.1) is 11.8 Å². The standard InChI is InChI=1S/C17H21Cl/c1-13(2)10-14(12-18)11-16-8-5-7-15-6-3-4-9-17(15)16/h3-9,13-14H,10-12H2,1-2H3. The molecule has 2 aromatic rings. The van der Waals surface area contributed by atoms with Gasteiger partial charge >= 0.3 is 0 Å². The quantitative estimate of drug-likeness (QED) is 0.642. The van der Waals surface area contributed by atoms with Gasteiger partial charge in [0.05, 0.1) is 0 Å². The zero-order chi connectivity index (χ0) is 13.0. The van der Waals surface area contributed by atoms with Gasteiger partial charge in [0.2, 0.25) is 0 Å². The smallest absolute Gasteiger partial charge is 0.0255 e. The molecule has 2 rings (SSSR count). The molecule has 0 saturated carbocycles. The van der Waals surface area contributed by atoms with Crippen LogP contribution in [0.25, 0.3) is 10.8 Å². The lowest BCUT2D eigenvalue weighted by molar-refractivity contribution is 0.442. The molecule has 1 unspecified atom stereocenters. The van der Waals surface area contributed by atoms with Crippen LogP contribution in [-0.4, -0.2) is 5.88 Å². The molecule has 0 aliphatic heterocycles. The number of fused-ring (bicyclic) bond motifs is 1. The molecule has 0 saturated heterocycles. The Hall–Kier alpha value is -1.01. The number of alkyl halides is 1. The van der Waals surface area contributed by atoms with Crippen molar-refractivity contribution < 1.29 is 0 Å². The minimum absolute atomic E-state index is 0.581. The maximum atomic E-state index is 6.11. The zero-order valence-electron chi connectivity index (χ0n) is 11.2. The van der Waals surface area contributed by atoms with E-state index in [-0.39, 0.29) is 0 Å². The Labute approximate surface area is 115 Å². The van der Waals surface area contributed by atoms with Gasteiger partial charge in [0.25, 0.3) is 0 Å². The Morgan fingerprint density at radius 1 is 1.00 bits per heavy atom. The van der Waals surface area contributed by atoms with Crippen molar-refractivity contribution in [3.8, 4) is 0 Å². The van der Waals surface area contributed by atoms with E-state index in [0.29, 0.717) is 11.8 Å². The SMILES string of the molecule is CC(C)CC(CCl)Cc1cccc2ccccc12. The highest BCUT2D eigenvalue weighted by Gasteiger charge is 2.12. The van der Waals surface area contributed by atoms with Crippen LogP contribution in [0.1, 0.15) is 25.8 Å². The van der Waals surface area contributed by atoms with E-state index in [9.17, 15) is 0 Å². The van der Waals surface area contributed by atoms with E-state index in [1.165, 1.54) is 22.8 Å². The number of hydrogen-bond donors (Lipinski definition) is 0. The Kier molecular flexibility index (Phi) is 4.66. The van der Waals surface area contributed by atoms with Crippen molar-refractivity contribution in [1.82, 2.24) is 0 Å². The van der Waals surface area contributed by atoms with Crippen molar-refractivity contribution >= 4 is 22.4 Å². The fourth-order valence-electron chi connectivity index (χ4n) is 2.65. The van der Waals surface area contributed by atoms with Gasteiger partial charge in [-0.2, -0.15) is 0 Å². The molecule has 1 heteroatoms. The van der Waals surface area contributed by atoms with Crippen molar-refractivity contribution in [2.24, 2.45) is 11.8 Å². The number of halogens is 1. The number of rotatable bonds is 5. The molecule has 0 spiro atoms. The molecule has 0 amide bonds. The lowest BCUT2D eigenvalue weighted by Crippen LogP contribution is -2.10. The van der Waals surface area contributed by atoms with E-state index in [1.807, 2.05) is 0 Å². The summed E-state index contributed by atoms with van der Waals surface area (Å²) in [5, 5.41) is 2.70. The predicted octanol–water partition coefficient (Wildman–Crippen LogP) is 5.28. The second-order valence-corrected chi connectivity index (χ2v) is 5.80. The first-order valence-electron chi connectivity index (χ1n) is 6.73. The van der Waals surface area contributed by atoms with Gasteiger partial charge in [-0.25, -0.2) is 0 Å². The van der Waals surface area contributed by atoms with E-state index in [4.69, 9.17) is 11.6 Å². The highest BCUT2D eigenvalue weighted by molar-refractivity contribution is 6.18. The van der Waals surface area contributed by atoms with Crippen LogP contribution in [0.2, 0.25) is 0 Å². The minimum atomic E-state index is 0.581. The van der Waals surface area contributed by atoms with Crippen LogP contribution in [0.15, 0.2) is 42.5 Å². The van der Waals surface area contributed by atoms with E-state index in [0.717, 1.165) is 12.3 Å². The Morgan fingerprint density at radius 3 is 2.44 bits per heavy atom. The summed E-state index contributed by atoms with van der Waals surface area (Å²) in [5.74, 6) is 2.04. The Morgan fingerprint density at radius 2 is 1.72 bits per heavy atom. The molecular weight excluding hydrogens is 240 g/mol. The van der Waals surface area contributed by atoms with Gasteiger partial charge in [-0.15, -0.1) is 11.6 Å². The summed E-state index contributed by atoms with van der Waals surface area (Å²) in [6.07, 6.45) is 2.29. The van der Waals surface area contributed by atoms with Crippen molar-refractivity contribution in [3.05, 3.63) is 48.0 Å². The molecule has 0 aliphatic rings. The lowest BCUT2D eigenvalue weighted by atomic mass is 9.90. The fourth-order valence-corrected chi connectivity index (χ4v) is 2.88. The molecule has 0 bridgehead atoms. The normalized spacial score (nSPS) is 13.1. The average Bonchev–Trinajstić information content (AvgIpc) is 2.38. The van der Waals surface area contributed by atoms with E-state index in [1.54, 1.807) is 0 Å². The topological polar surface area (TPSA) is 0 Å². The summed E-state index contributed by atoms with van der Waals surface area (Å²) in [6, 6.07) is 15.2. The highest BCUT2D eigenvalue weighted by Crippen LogP contribution is 2.24. The fraction of sp³-hybridized carbons (Fsp3) is 0.412. The molecule has 0 N–H and O–H groups in total. The Balaban J connectivity index is 2.25. The van der Waals surface area contributed by atoms with Gasteiger partial charge in [-0.1, -0.05) is 56.3 Å². The monoisotopic (exact) mass is 260 g/mol. The zero-order valence-corrected chi connectivity index (χ0v) is 12.0. The molecule has 2 aromatic carbocycles. The van der Waals surface area contributed by atoms with E-state index in [2.05, 4.69) is 56.3 Å². The van der Waals surface area contributed by atoms with Gasteiger partial charge in [0, 0.05) is 5.88 Å². The summed E-state index contributed by atoms with van der Waals surface area (Å²) in [5.41, 5.74) is 1.43. The molecule has 0 radical (unpaired) electrons. The maximum absolute atomic E-state index is 6.11. The van der Waals surface area contributed by atoms with Crippen LogP contribution in [0.5, 0.6) is 0 Å². The largest absolute Gasteiger partial charge is 0.126 e. The third-order valence-electron chi connectivity index (χ3n) is 3.41. The molecule has 0 fully saturated rings. The van der Waals surface area contributed by atoms with Crippen molar-refractivity contribution in [2.75, 3.05) is 5.88 Å². The van der Waals surface area contributed by atoms with Gasteiger partial charge in [-0.05, 0) is 41.0 Å². The van der Waals surface area contributed by atoms with Crippen LogP contribution >= 0.6 is 11.6 Å². The molecule has 1 atom stereocenters. The van der Waals surface area contributed by atoms with Crippen LogP contribution in [-0.2, 0) is 6.42 Å². The van der Waals surface area contributed by atoms with Crippen LogP contribution in [0.3, 0.4) is 0 Å². The molecule has 0 aliphatic carbocycles. The second-order valence-electron chi connectivity index (χ2n) is 5.49. The molecule has 18 heavy (non-hydrogen) atoms. The van der Waals surface area contributed by atoms with E-state index >= 15 is 0 Å². The summed E-state index contributed by atoms with van der Waals surface area (Å²) < 4.78 is 0. The summed E-state index contributed by atoms with van der Waals surface area (Å²) >= 11 is 6.11. The predicted molar refractivity (Wildman–Crippen MR) is 81.3 cm³/mol. The van der Waals surface area contributed by atoms with Gasteiger partial charge in [-0.3, -0.25) is 0 Å².